The Morgan fingerprint density at radius 2 is 1.80 bits per heavy atom. The Hall–Kier alpha value is -2.59. The van der Waals surface area contributed by atoms with Gasteiger partial charge in [-0.1, -0.05) is 18.2 Å². The summed E-state index contributed by atoms with van der Waals surface area (Å²) >= 11 is 0. The Kier molecular flexibility index (Phi) is 4.67. The molecular formula is C16H11BFN2. The molecule has 0 aliphatic heterocycles. The third-order valence-corrected chi connectivity index (χ3v) is 3.06. The number of benzene rings is 2. The Bertz CT molecular complexity index is 684. The minimum absolute atomic E-state index is 0. The molecule has 3 radical (unpaired) electrons. The molecule has 0 aliphatic rings. The average molecular weight is 261 g/mol. The average Bonchev–Trinajstić information content (AvgIpc) is 2.40. The number of hydrogen-bond donors (Lipinski definition) is 0. The summed E-state index contributed by atoms with van der Waals surface area (Å²) in [7, 11) is 0. The van der Waals surface area contributed by atoms with Gasteiger partial charge in [0.15, 0.2) is 0 Å². The lowest BCUT2D eigenvalue weighted by molar-refractivity contribution is 0.630. The van der Waals surface area contributed by atoms with E-state index < -0.39 is 5.82 Å². The minimum atomic E-state index is -0.743. The Labute approximate surface area is 119 Å². The molecule has 95 valence electrons. The van der Waals surface area contributed by atoms with E-state index in [1.807, 2.05) is 32.0 Å². The van der Waals surface area contributed by atoms with E-state index in [0.717, 1.165) is 16.7 Å². The topological polar surface area (TPSA) is 28.1 Å². The third-order valence-electron chi connectivity index (χ3n) is 3.06. The van der Waals surface area contributed by atoms with Gasteiger partial charge in [0, 0.05) is 8.41 Å². The van der Waals surface area contributed by atoms with E-state index in [1.165, 1.54) is 12.1 Å². The summed E-state index contributed by atoms with van der Waals surface area (Å²) in [4.78, 5) is 3.15. The maximum absolute atomic E-state index is 13.7. The van der Waals surface area contributed by atoms with Crippen molar-refractivity contribution in [2.75, 3.05) is 0 Å². The lowest BCUT2D eigenvalue weighted by atomic mass is 9.94. The Balaban J connectivity index is 0.00000200. The molecule has 4 heteroatoms. The molecule has 0 atom stereocenters. The van der Waals surface area contributed by atoms with Gasteiger partial charge in [0.25, 0.3) is 0 Å². The van der Waals surface area contributed by atoms with Gasteiger partial charge >= 0.3 is 0 Å². The number of halogens is 1. The summed E-state index contributed by atoms with van der Waals surface area (Å²) in [6.45, 7) is 10.9. The van der Waals surface area contributed by atoms with Crippen LogP contribution in [0.5, 0.6) is 0 Å². The number of rotatable bonds is 1. The molecule has 0 saturated carbocycles. The molecule has 2 aromatic rings. The first-order valence-electron chi connectivity index (χ1n) is 5.76. The van der Waals surface area contributed by atoms with Crippen LogP contribution in [0.3, 0.4) is 0 Å². The van der Waals surface area contributed by atoms with Crippen LogP contribution < -0.4 is 0 Å². The molecule has 2 rings (SSSR count). The molecule has 2 nitrogen and oxygen atoms in total. The van der Waals surface area contributed by atoms with Crippen molar-refractivity contribution in [2.45, 2.75) is 13.8 Å². The van der Waals surface area contributed by atoms with Crippen LogP contribution >= 0.6 is 0 Å². The summed E-state index contributed by atoms with van der Waals surface area (Å²) < 4.78 is 13.7. The third kappa shape index (κ3) is 2.55. The van der Waals surface area contributed by atoms with Gasteiger partial charge in [0.1, 0.15) is 11.9 Å². The summed E-state index contributed by atoms with van der Waals surface area (Å²) in [5.41, 5.74) is 3.52. The lowest BCUT2D eigenvalue weighted by Crippen LogP contribution is -1.91. The van der Waals surface area contributed by atoms with E-state index in [2.05, 4.69) is 4.85 Å². The number of hydrogen-bond acceptors (Lipinski definition) is 1. The highest BCUT2D eigenvalue weighted by molar-refractivity contribution is 5.76. The Morgan fingerprint density at radius 3 is 2.30 bits per heavy atom. The van der Waals surface area contributed by atoms with Crippen LogP contribution in [0.1, 0.15) is 16.7 Å². The molecular weight excluding hydrogens is 250 g/mol. The van der Waals surface area contributed by atoms with Gasteiger partial charge in [-0.25, -0.2) is 9.24 Å². The van der Waals surface area contributed by atoms with Crippen molar-refractivity contribution in [3.8, 4) is 17.2 Å². The molecule has 0 heterocycles. The Morgan fingerprint density at radius 1 is 1.20 bits per heavy atom. The zero-order valence-corrected chi connectivity index (χ0v) is 11.2. The van der Waals surface area contributed by atoms with Crippen molar-refractivity contribution in [3.63, 3.8) is 0 Å². The summed E-state index contributed by atoms with van der Waals surface area (Å²) in [6.07, 6.45) is 0. The fraction of sp³-hybridized carbons (Fsp3) is 0.125. The minimum Gasteiger partial charge on any atom is -0.235 e. The smallest absolute Gasteiger partial charge is 0.224 e. The molecule has 0 amide bonds. The van der Waals surface area contributed by atoms with Gasteiger partial charge in [-0.15, -0.1) is 0 Å². The quantitative estimate of drug-likeness (QED) is 0.559. The van der Waals surface area contributed by atoms with Crippen LogP contribution in [0.15, 0.2) is 30.3 Å². The molecule has 0 fully saturated rings. The highest BCUT2D eigenvalue weighted by Gasteiger charge is 2.13. The SMILES string of the molecule is [B].[C-]#[N+]c1cc(-c2c(C)cccc2C)cc(C#N)c1F. The van der Waals surface area contributed by atoms with E-state index in [4.69, 9.17) is 11.8 Å². The monoisotopic (exact) mass is 261 g/mol. The highest BCUT2D eigenvalue weighted by Crippen LogP contribution is 2.33. The molecule has 20 heavy (non-hydrogen) atoms. The van der Waals surface area contributed by atoms with Crippen LogP contribution in [0.2, 0.25) is 0 Å². The van der Waals surface area contributed by atoms with Gasteiger partial charge in [0.2, 0.25) is 5.69 Å². The molecule has 0 aliphatic carbocycles. The molecule has 0 spiro atoms. The van der Waals surface area contributed by atoms with E-state index in [-0.39, 0.29) is 19.7 Å². The van der Waals surface area contributed by atoms with Crippen molar-refractivity contribution >= 4 is 14.1 Å². The van der Waals surface area contributed by atoms with Crippen molar-refractivity contribution in [1.82, 2.24) is 0 Å². The number of aryl methyl sites for hydroxylation is 2. The molecule has 0 N–H and O–H groups in total. The van der Waals surface area contributed by atoms with Crippen LogP contribution in [-0.2, 0) is 0 Å². The van der Waals surface area contributed by atoms with Crippen LogP contribution in [0.4, 0.5) is 10.1 Å². The maximum atomic E-state index is 13.7. The van der Waals surface area contributed by atoms with Crippen molar-refractivity contribution in [2.24, 2.45) is 0 Å². The van der Waals surface area contributed by atoms with Gasteiger partial charge in [-0.2, -0.15) is 5.26 Å². The van der Waals surface area contributed by atoms with Gasteiger partial charge in [0.05, 0.1) is 12.1 Å². The molecule has 0 bridgehead atoms. The summed E-state index contributed by atoms with van der Waals surface area (Å²) in [5.74, 6) is -0.743. The first-order chi connectivity index (χ1) is 9.08. The van der Waals surface area contributed by atoms with Crippen molar-refractivity contribution in [1.29, 1.82) is 5.26 Å². The van der Waals surface area contributed by atoms with Gasteiger partial charge in [-0.05, 0) is 48.2 Å². The first kappa shape index (κ1) is 15.5. The van der Waals surface area contributed by atoms with E-state index in [1.54, 1.807) is 6.07 Å². The number of nitrogens with zero attached hydrogens (tertiary/aromatic N) is 2. The van der Waals surface area contributed by atoms with Crippen LogP contribution in [0.25, 0.3) is 16.0 Å². The zero-order chi connectivity index (χ0) is 14.0. The molecule has 0 saturated heterocycles. The fourth-order valence-electron chi connectivity index (χ4n) is 2.19. The van der Waals surface area contributed by atoms with Crippen molar-refractivity contribution in [3.05, 3.63) is 64.3 Å². The lowest BCUT2D eigenvalue weighted by Gasteiger charge is -2.11. The second-order valence-corrected chi connectivity index (χ2v) is 4.35. The fourth-order valence-corrected chi connectivity index (χ4v) is 2.19. The highest BCUT2D eigenvalue weighted by atomic mass is 19.1. The summed E-state index contributed by atoms with van der Waals surface area (Å²) in [5, 5.41) is 8.96. The summed E-state index contributed by atoms with van der Waals surface area (Å²) in [6, 6.07) is 10.6. The van der Waals surface area contributed by atoms with E-state index in [9.17, 15) is 4.39 Å². The largest absolute Gasteiger partial charge is 0.235 e. The van der Waals surface area contributed by atoms with Gasteiger partial charge < -0.3 is 0 Å². The molecule has 0 aromatic heterocycles. The second kappa shape index (κ2) is 6.04. The molecule has 0 unspecified atom stereocenters. The van der Waals surface area contributed by atoms with E-state index in [0.29, 0.717) is 5.56 Å². The maximum Gasteiger partial charge on any atom is 0.224 e. The standard InChI is InChI=1S/C16H11FN2.B/c1-10-5-4-6-11(2)15(10)12-7-13(9-18)16(17)14(8-12)19-3;/h4-8H,1-2H3;. The number of nitriles is 1. The van der Waals surface area contributed by atoms with Gasteiger partial charge in [-0.3, -0.25) is 0 Å². The predicted octanol–water partition coefficient (Wildman–Crippen LogP) is 4.15. The van der Waals surface area contributed by atoms with Crippen LogP contribution in [-0.4, -0.2) is 8.41 Å². The van der Waals surface area contributed by atoms with Crippen LogP contribution in [0, 0.1) is 37.6 Å². The van der Waals surface area contributed by atoms with E-state index >= 15 is 0 Å². The predicted molar refractivity (Wildman–Crippen MR) is 78.0 cm³/mol. The zero-order valence-electron chi connectivity index (χ0n) is 11.2. The molecule has 2 aromatic carbocycles. The second-order valence-electron chi connectivity index (χ2n) is 4.35. The van der Waals surface area contributed by atoms with Crippen molar-refractivity contribution < 1.29 is 4.39 Å². The first-order valence-corrected chi connectivity index (χ1v) is 5.76. The normalized spacial score (nSPS) is 9.25.